The van der Waals surface area contributed by atoms with Gasteiger partial charge in [-0.2, -0.15) is 4.98 Å². The quantitative estimate of drug-likeness (QED) is 0.667. The van der Waals surface area contributed by atoms with E-state index in [-0.39, 0.29) is 0 Å². The second kappa shape index (κ2) is 5.49. The highest BCUT2D eigenvalue weighted by Gasteiger charge is 2.14. The van der Waals surface area contributed by atoms with Crippen molar-refractivity contribution in [3.05, 3.63) is 30.1 Å². The molecule has 0 aliphatic rings. The molecule has 0 saturated carbocycles. The number of rotatable bonds is 5. The van der Waals surface area contributed by atoms with Gasteiger partial charge < -0.3 is 13.5 Å². The number of aromatic nitrogens is 5. The van der Waals surface area contributed by atoms with Gasteiger partial charge in [0.25, 0.3) is 0 Å². The minimum Gasteiger partial charge on any atom is -0.461 e. The Morgan fingerprint density at radius 1 is 1.35 bits per heavy atom. The van der Waals surface area contributed by atoms with Crippen LogP contribution in [0, 0.1) is 0 Å². The van der Waals surface area contributed by atoms with E-state index in [0.717, 1.165) is 17.4 Å². The Morgan fingerprint density at radius 3 is 2.95 bits per heavy atom. The van der Waals surface area contributed by atoms with E-state index < -0.39 is 0 Å². The van der Waals surface area contributed by atoms with Gasteiger partial charge in [-0.3, -0.25) is 0 Å². The maximum Gasteiger partial charge on any atom is 0.237 e. The molecule has 7 nitrogen and oxygen atoms in total. The molecular formula is C12H13N5O2S. The summed E-state index contributed by atoms with van der Waals surface area (Å²) in [7, 11) is 1.89. The summed E-state index contributed by atoms with van der Waals surface area (Å²) < 4.78 is 12.3. The van der Waals surface area contributed by atoms with Crippen LogP contribution < -0.4 is 0 Å². The molecule has 0 radical (unpaired) electrons. The first-order valence-corrected chi connectivity index (χ1v) is 7.14. The monoisotopic (exact) mass is 291 g/mol. The van der Waals surface area contributed by atoms with Gasteiger partial charge in [0.15, 0.2) is 22.6 Å². The van der Waals surface area contributed by atoms with E-state index in [1.807, 2.05) is 30.7 Å². The fourth-order valence-electron chi connectivity index (χ4n) is 1.68. The number of furan rings is 1. The van der Waals surface area contributed by atoms with Crippen LogP contribution in [0.4, 0.5) is 0 Å². The molecule has 104 valence electrons. The number of thioether (sulfide) groups is 1. The summed E-state index contributed by atoms with van der Waals surface area (Å²) in [6, 6.07) is 3.67. The van der Waals surface area contributed by atoms with E-state index >= 15 is 0 Å². The van der Waals surface area contributed by atoms with Crippen molar-refractivity contribution in [3.63, 3.8) is 0 Å². The molecule has 3 aromatic heterocycles. The van der Waals surface area contributed by atoms with Crippen molar-refractivity contribution < 1.29 is 8.94 Å². The maximum atomic E-state index is 5.32. The first kappa shape index (κ1) is 12.9. The van der Waals surface area contributed by atoms with Crippen LogP contribution >= 0.6 is 11.8 Å². The van der Waals surface area contributed by atoms with E-state index in [4.69, 9.17) is 8.94 Å². The van der Waals surface area contributed by atoms with Crippen LogP contribution in [0.25, 0.3) is 11.6 Å². The van der Waals surface area contributed by atoms with E-state index in [9.17, 15) is 0 Å². The van der Waals surface area contributed by atoms with Gasteiger partial charge >= 0.3 is 0 Å². The van der Waals surface area contributed by atoms with Crippen LogP contribution in [0.2, 0.25) is 0 Å². The van der Waals surface area contributed by atoms with Crippen LogP contribution in [0.3, 0.4) is 0 Å². The number of hydrogen-bond donors (Lipinski definition) is 0. The highest BCUT2D eigenvalue weighted by Crippen LogP contribution is 2.24. The Morgan fingerprint density at radius 2 is 2.25 bits per heavy atom. The smallest absolute Gasteiger partial charge is 0.237 e. The second-order valence-corrected chi connectivity index (χ2v) is 5.03. The van der Waals surface area contributed by atoms with Gasteiger partial charge in [0.1, 0.15) is 0 Å². The molecule has 0 aliphatic carbocycles. The SMILES string of the molecule is CCc1noc(CSc2nnc(-c3ccco3)n2C)n1. The lowest BCUT2D eigenvalue weighted by molar-refractivity contribution is 0.385. The summed E-state index contributed by atoms with van der Waals surface area (Å²) in [5.74, 6) is 3.26. The van der Waals surface area contributed by atoms with Crippen LogP contribution in [-0.2, 0) is 19.2 Å². The predicted molar refractivity (Wildman–Crippen MR) is 71.9 cm³/mol. The molecule has 0 N–H and O–H groups in total. The molecule has 0 saturated heterocycles. The first-order valence-electron chi connectivity index (χ1n) is 6.15. The third-order valence-corrected chi connectivity index (χ3v) is 3.73. The fourth-order valence-corrected chi connectivity index (χ4v) is 2.43. The molecule has 0 spiro atoms. The fraction of sp³-hybridized carbons (Fsp3) is 0.333. The van der Waals surface area contributed by atoms with Gasteiger partial charge in [-0.15, -0.1) is 10.2 Å². The molecule has 0 atom stereocenters. The Labute approximate surface area is 119 Å². The van der Waals surface area contributed by atoms with E-state index in [2.05, 4.69) is 20.3 Å². The summed E-state index contributed by atoms with van der Waals surface area (Å²) in [6.45, 7) is 1.99. The summed E-state index contributed by atoms with van der Waals surface area (Å²) in [6.07, 6.45) is 2.38. The summed E-state index contributed by atoms with van der Waals surface area (Å²) in [5, 5.41) is 12.9. The van der Waals surface area contributed by atoms with E-state index in [1.54, 1.807) is 6.26 Å². The van der Waals surface area contributed by atoms with Gasteiger partial charge in [-0.05, 0) is 12.1 Å². The van der Waals surface area contributed by atoms with Crippen LogP contribution in [0.5, 0.6) is 0 Å². The van der Waals surface area contributed by atoms with Crippen LogP contribution in [0.15, 0.2) is 32.5 Å². The molecule has 0 amide bonds. The van der Waals surface area contributed by atoms with Gasteiger partial charge in [-0.25, -0.2) is 0 Å². The molecule has 3 rings (SSSR count). The standard InChI is InChI=1S/C12H13N5O2S/c1-3-9-13-10(19-16-9)7-20-12-15-14-11(17(12)2)8-5-4-6-18-8/h4-6H,3,7H2,1-2H3. The van der Waals surface area contributed by atoms with Crippen molar-refractivity contribution in [1.29, 1.82) is 0 Å². The Bertz CT molecular complexity index is 689. The molecule has 0 fully saturated rings. The lowest BCUT2D eigenvalue weighted by Gasteiger charge is -1.99. The maximum absolute atomic E-state index is 5.32. The predicted octanol–water partition coefficient (Wildman–Crippen LogP) is 2.31. The highest BCUT2D eigenvalue weighted by molar-refractivity contribution is 7.98. The van der Waals surface area contributed by atoms with Crippen molar-refractivity contribution in [1.82, 2.24) is 24.9 Å². The number of hydrogen-bond acceptors (Lipinski definition) is 7. The Balaban J connectivity index is 1.72. The third kappa shape index (κ3) is 2.46. The van der Waals surface area contributed by atoms with E-state index in [0.29, 0.717) is 23.2 Å². The van der Waals surface area contributed by atoms with E-state index in [1.165, 1.54) is 11.8 Å². The Kier molecular flexibility index (Phi) is 3.55. The molecule has 20 heavy (non-hydrogen) atoms. The lowest BCUT2D eigenvalue weighted by atomic mass is 10.4. The minimum absolute atomic E-state index is 0.567. The largest absolute Gasteiger partial charge is 0.461 e. The van der Waals surface area contributed by atoms with Crippen molar-refractivity contribution >= 4 is 11.8 Å². The zero-order valence-corrected chi connectivity index (χ0v) is 11.9. The minimum atomic E-state index is 0.567. The van der Waals surface area contributed by atoms with Crippen LogP contribution in [-0.4, -0.2) is 24.9 Å². The first-order chi connectivity index (χ1) is 9.78. The van der Waals surface area contributed by atoms with Crippen molar-refractivity contribution in [2.75, 3.05) is 0 Å². The average Bonchev–Trinajstić information content (AvgIpc) is 3.17. The zero-order chi connectivity index (χ0) is 13.9. The lowest BCUT2D eigenvalue weighted by Crippen LogP contribution is -1.94. The van der Waals surface area contributed by atoms with Gasteiger partial charge in [0, 0.05) is 13.5 Å². The highest BCUT2D eigenvalue weighted by atomic mass is 32.2. The van der Waals surface area contributed by atoms with Crippen LogP contribution in [0.1, 0.15) is 18.6 Å². The van der Waals surface area contributed by atoms with Crippen molar-refractivity contribution in [3.8, 4) is 11.6 Å². The summed E-state index contributed by atoms with van der Waals surface area (Å²) >= 11 is 1.49. The molecule has 3 aromatic rings. The van der Waals surface area contributed by atoms with Gasteiger partial charge in [0.05, 0.1) is 12.0 Å². The molecule has 0 unspecified atom stereocenters. The summed E-state index contributed by atoms with van der Waals surface area (Å²) in [4.78, 5) is 4.26. The number of nitrogens with zero attached hydrogens (tertiary/aromatic N) is 5. The average molecular weight is 291 g/mol. The van der Waals surface area contributed by atoms with Crippen molar-refractivity contribution in [2.24, 2.45) is 7.05 Å². The third-order valence-electron chi connectivity index (χ3n) is 2.73. The number of aryl methyl sites for hydroxylation is 1. The normalized spacial score (nSPS) is 11.1. The topological polar surface area (TPSA) is 82.8 Å². The molecule has 0 aliphatic heterocycles. The Hall–Kier alpha value is -2.09. The zero-order valence-electron chi connectivity index (χ0n) is 11.1. The molecule has 8 heteroatoms. The second-order valence-electron chi connectivity index (χ2n) is 4.09. The molecular weight excluding hydrogens is 278 g/mol. The molecule has 3 heterocycles. The van der Waals surface area contributed by atoms with Crippen molar-refractivity contribution in [2.45, 2.75) is 24.3 Å². The molecule has 0 aromatic carbocycles. The molecule has 0 bridgehead atoms. The van der Waals surface area contributed by atoms with Gasteiger partial charge in [-0.1, -0.05) is 23.8 Å². The van der Waals surface area contributed by atoms with Gasteiger partial charge in [0.2, 0.25) is 5.89 Å². The summed E-state index contributed by atoms with van der Waals surface area (Å²) in [5.41, 5.74) is 0.